The average Bonchev–Trinajstić information content (AvgIpc) is 2.61. The largest absolute Gasteiger partial charge is 0.369 e. The van der Waals surface area contributed by atoms with Gasteiger partial charge < -0.3 is 5.73 Å². The molecule has 2 aromatic rings. The summed E-state index contributed by atoms with van der Waals surface area (Å²) in [7, 11) is 0. The number of aromatic nitrogens is 3. The van der Waals surface area contributed by atoms with Gasteiger partial charge in [-0.05, 0) is 31.7 Å². The van der Waals surface area contributed by atoms with Gasteiger partial charge in [-0.15, -0.1) is 0 Å². The first-order valence-corrected chi connectivity index (χ1v) is 7.02. The molecular weight excluding hydrogens is 232 g/mol. The molecule has 2 rings (SSSR count). The number of thioether (sulfide) groups is 1. The minimum atomic E-state index is 0.561. The number of nitrogens with zero attached hydrogens (tertiary/aromatic N) is 3. The first-order valence-electron chi connectivity index (χ1n) is 5.74. The summed E-state index contributed by atoms with van der Waals surface area (Å²) in [6, 6.07) is 3.94. The number of pyridine rings is 1. The van der Waals surface area contributed by atoms with E-state index in [0.29, 0.717) is 11.2 Å². The molecule has 92 valence electrons. The molecule has 0 saturated carbocycles. The molecule has 5 heteroatoms. The molecule has 0 aliphatic heterocycles. The van der Waals surface area contributed by atoms with Gasteiger partial charge in [0.1, 0.15) is 5.52 Å². The summed E-state index contributed by atoms with van der Waals surface area (Å²) in [5.41, 5.74) is 8.71. The highest BCUT2D eigenvalue weighted by Gasteiger charge is 2.10. The second kappa shape index (κ2) is 4.96. The summed E-state index contributed by atoms with van der Waals surface area (Å²) in [6.45, 7) is 5.08. The highest BCUT2D eigenvalue weighted by atomic mass is 32.2. The molecule has 1 unspecified atom stereocenters. The number of fused-ring (bicyclic) bond motifs is 1. The van der Waals surface area contributed by atoms with Gasteiger partial charge in [0, 0.05) is 17.5 Å². The number of anilines is 1. The van der Waals surface area contributed by atoms with Crippen LogP contribution in [0.5, 0.6) is 0 Å². The van der Waals surface area contributed by atoms with Crippen LogP contribution in [0.3, 0.4) is 0 Å². The number of rotatable bonds is 4. The number of nitrogens with two attached hydrogens (primary N) is 1. The predicted molar refractivity (Wildman–Crippen MR) is 74.3 cm³/mol. The van der Waals surface area contributed by atoms with Gasteiger partial charge in [-0.2, -0.15) is 11.8 Å². The molecule has 0 radical (unpaired) electrons. The van der Waals surface area contributed by atoms with E-state index in [1.807, 2.05) is 35.4 Å². The fraction of sp³-hybridized carbons (Fsp3) is 0.500. The summed E-state index contributed by atoms with van der Waals surface area (Å²) in [5.74, 6) is 0.561. The number of imidazole rings is 1. The Bertz CT molecular complexity index is 520. The Morgan fingerprint density at radius 3 is 2.88 bits per heavy atom. The molecule has 0 aromatic carbocycles. The average molecular weight is 250 g/mol. The first kappa shape index (κ1) is 12.2. The van der Waals surface area contributed by atoms with E-state index in [-0.39, 0.29) is 0 Å². The minimum Gasteiger partial charge on any atom is -0.369 e. The Morgan fingerprint density at radius 2 is 2.18 bits per heavy atom. The topological polar surface area (TPSA) is 56.7 Å². The van der Waals surface area contributed by atoms with E-state index in [0.717, 1.165) is 29.8 Å². The predicted octanol–water partition coefficient (Wildman–Crippen LogP) is 2.46. The molecule has 2 N–H and O–H groups in total. The summed E-state index contributed by atoms with van der Waals surface area (Å²) < 4.78 is 2.01. The van der Waals surface area contributed by atoms with Gasteiger partial charge in [0.2, 0.25) is 5.95 Å². The maximum Gasteiger partial charge on any atom is 0.202 e. The standard InChI is InChI=1S/C12H18N4S/c1-8-4-5-10-11(14-8)16(12(13)15-10)7-6-9(2)17-3/h4-5,9H,6-7H2,1-3H3,(H2,13,15). The Balaban J connectivity index is 2.32. The zero-order valence-corrected chi connectivity index (χ0v) is 11.3. The van der Waals surface area contributed by atoms with Crippen molar-refractivity contribution in [2.45, 2.75) is 32.1 Å². The number of nitrogen functional groups attached to an aromatic ring is 1. The normalized spacial score (nSPS) is 13.1. The fourth-order valence-electron chi connectivity index (χ4n) is 1.76. The van der Waals surface area contributed by atoms with Crippen molar-refractivity contribution >= 4 is 28.9 Å². The van der Waals surface area contributed by atoms with Gasteiger partial charge in [0.05, 0.1) is 0 Å². The molecular formula is C12H18N4S. The van der Waals surface area contributed by atoms with Crippen molar-refractivity contribution in [1.82, 2.24) is 14.5 Å². The second-order valence-electron chi connectivity index (χ2n) is 4.25. The van der Waals surface area contributed by atoms with Crippen LogP contribution in [-0.4, -0.2) is 26.0 Å². The van der Waals surface area contributed by atoms with E-state index < -0.39 is 0 Å². The van der Waals surface area contributed by atoms with Crippen molar-refractivity contribution in [2.75, 3.05) is 12.0 Å². The third-order valence-electron chi connectivity index (χ3n) is 2.92. The summed E-state index contributed by atoms with van der Waals surface area (Å²) in [6.07, 6.45) is 3.20. The Morgan fingerprint density at radius 1 is 1.41 bits per heavy atom. The van der Waals surface area contributed by atoms with E-state index >= 15 is 0 Å². The van der Waals surface area contributed by atoms with Crippen LogP contribution >= 0.6 is 11.8 Å². The molecule has 4 nitrogen and oxygen atoms in total. The van der Waals surface area contributed by atoms with Crippen molar-refractivity contribution in [3.8, 4) is 0 Å². The van der Waals surface area contributed by atoms with Crippen LogP contribution < -0.4 is 5.73 Å². The number of hydrogen-bond donors (Lipinski definition) is 1. The van der Waals surface area contributed by atoms with Crippen LogP contribution in [0.2, 0.25) is 0 Å². The van der Waals surface area contributed by atoms with Crippen molar-refractivity contribution in [2.24, 2.45) is 0 Å². The summed E-state index contributed by atoms with van der Waals surface area (Å²) >= 11 is 1.87. The van der Waals surface area contributed by atoms with Crippen molar-refractivity contribution in [3.63, 3.8) is 0 Å². The van der Waals surface area contributed by atoms with E-state index in [1.54, 1.807) is 0 Å². The summed E-state index contributed by atoms with van der Waals surface area (Å²) in [5, 5.41) is 0.622. The molecule has 17 heavy (non-hydrogen) atoms. The molecule has 0 aliphatic carbocycles. The zero-order valence-electron chi connectivity index (χ0n) is 10.5. The van der Waals surface area contributed by atoms with Crippen LogP contribution in [0.4, 0.5) is 5.95 Å². The molecule has 2 heterocycles. The summed E-state index contributed by atoms with van der Waals surface area (Å²) in [4.78, 5) is 8.84. The fourth-order valence-corrected chi connectivity index (χ4v) is 2.10. The molecule has 0 bridgehead atoms. The molecule has 0 spiro atoms. The van der Waals surface area contributed by atoms with Gasteiger partial charge in [-0.25, -0.2) is 9.97 Å². The van der Waals surface area contributed by atoms with Gasteiger partial charge in [-0.1, -0.05) is 6.92 Å². The minimum absolute atomic E-state index is 0.561. The molecule has 0 saturated heterocycles. The van der Waals surface area contributed by atoms with Crippen LogP contribution in [-0.2, 0) is 6.54 Å². The van der Waals surface area contributed by atoms with Crippen molar-refractivity contribution in [3.05, 3.63) is 17.8 Å². The van der Waals surface area contributed by atoms with Crippen molar-refractivity contribution < 1.29 is 0 Å². The highest BCUT2D eigenvalue weighted by molar-refractivity contribution is 7.99. The Kier molecular flexibility index (Phi) is 3.57. The molecule has 2 aromatic heterocycles. The Labute approximate surface area is 106 Å². The van der Waals surface area contributed by atoms with E-state index in [1.165, 1.54) is 0 Å². The van der Waals surface area contributed by atoms with Gasteiger partial charge in [-0.3, -0.25) is 4.57 Å². The van der Waals surface area contributed by atoms with Crippen LogP contribution in [0.15, 0.2) is 12.1 Å². The van der Waals surface area contributed by atoms with E-state index in [2.05, 4.69) is 23.1 Å². The molecule has 0 amide bonds. The lowest BCUT2D eigenvalue weighted by Crippen LogP contribution is -2.08. The van der Waals surface area contributed by atoms with Crippen LogP contribution in [0.25, 0.3) is 11.2 Å². The maximum absolute atomic E-state index is 5.94. The smallest absolute Gasteiger partial charge is 0.202 e. The Hall–Kier alpha value is -1.23. The highest BCUT2D eigenvalue weighted by Crippen LogP contribution is 2.19. The lowest BCUT2D eigenvalue weighted by molar-refractivity contribution is 0.658. The second-order valence-corrected chi connectivity index (χ2v) is 5.53. The van der Waals surface area contributed by atoms with Gasteiger partial charge in [0.15, 0.2) is 5.65 Å². The van der Waals surface area contributed by atoms with Crippen LogP contribution in [0, 0.1) is 6.92 Å². The SMILES string of the molecule is CSC(C)CCn1c(N)nc2ccc(C)nc21. The number of aryl methyl sites for hydroxylation is 2. The molecule has 0 aliphatic rings. The number of hydrogen-bond acceptors (Lipinski definition) is 4. The first-order chi connectivity index (χ1) is 8.11. The third-order valence-corrected chi connectivity index (χ3v) is 3.96. The lowest BCUT2D eigenvalue weighted by atomic mass is 10.3. The van der Waals surface area contributed by atoms with Gasteiger partial charge >= 0.3 is 0 Å². The monoisotopic (exact) mass is 250 g/mol. The van der Waals surface area contributed by atoms with E-state index in [4.69, 9.17) is 5.73 Å². The lowest BCUT2D eigenvalue weighted by Gasteiger charge is -2.10. The zero-order chi connectivity index (χ0) is 12.4. The van der Waals surface area contributed by atoms with Gasteiger partial charge in [0.25, 0.3) is 0 Å². The van der Waals surface area contributed by atoms with E-state index in [9.17, 15) is 0 Å². The molecule has 1 atom stereocenters. The third kappa shape index (κ3) is 2.54. The van der Waals surface area contributed by atoms with Crippen molar-refractivity contribution in [1.29, 1.82) is 0 Å². The quantitative estimate of drug-likeness (QED) is 0.905. The van der Waals surface area contributed by atoms with Crippen LogP contribution in [0.1, 0.15) is 19.0 Å². The maximum atomic E-state index is 5.94. The molecule has 0 fully saturated rings.